The van der Waals surface area contributed by atoms with Crippen LogP contribution in [0.5, 0.6) is 5.75 Å². The van der Waals surface area contributed by atoms with E-state index < -0.39 is 0 Å². The third-order valence-corrected chi connectivity index (χ3v) is 5.75. The Hall–Kier alpha value is -3.04. The predicted octanol–water partition coefficient (Wildman–Crippen LogP) is 7.44. The van der Waals surface area contributed by atoms with Crippen molar-refractivity contribution in [1.82, 2.24) is 0 Å². The molecule has 0 unspecified atom stereocenters. The Morgan fingerprint density at radius 3 is 2.25 bits per heavy atom. The molecule has 0 saturated carbocycles. The number of hydrogen-bond acceptors (Lipinski definition) is 3. The normalized spacial score (nSPS) is 10.8. The minimum absolute atomic E-state index is 0.168. The zero-order chi connectivity index (χ0) is 22.9. The average molecular weight is 431 g/mol. The Morgan fingerprint density at radius 2 is 1.59 bits per heavy atom. The molecule has 0 aromatic heterocycles. The van der Waals surface area contributed by atoms with Crippen LogP contribution in [0.4, 0.5) is 0 Å². The van der Waals surface area contributed by atoms with Gasteiger partial charge in [-0.3, -0.25) is 9.78 Å². The van der Waals surface area contributed by atoms with Gasteiger partial charge in [-0.2, -0.15) is 0 Å². The van der Waals surface area contributed by atoms with Gasteiger partial charge in [0.25, 0.3) is 0 Å². The van der Waals surface area contributed by atoms with Crippen LogP contribution in [0, 0.1) is 6.92 Å². The Kier molecular flexibility index (Phi) is 8.52. The SMILES string of the molecule is C=C(CO)OOc1ccc(-c2ccc(-c3ccc(CCCCC)cc3CC)cc2C)cc1. The second kappa shape index (κ2) is 11.5. The van der Waals surface area contributed by atoms with Crippen molar-refractivity contribution in [3.05, 3.63) is 89.7 Å². The maximum atomic E-state index is 8.93. The molecule has 0 saturated heterocycles. The standard InChI is InChI=1S/C29H34O3/c1-5-7-8-9-23-10-16-29(24(6-2)19-23)26-13-17-28(21(3)18-26)25-11-14-27(15-12-25)32-31-22(4)20-30/h10-19,30H,4-9,20H2,1-3H3. The maximum absolute atomic E-state index is 8.93. The van der Waals surface area contributed by atoms with Crippen molar-refractivity contribution in [3.63, 3.8) is 0 Å². The van der Waals surface area contributed by atoms with E-state index in [9.17, 15) is 0 Å². The minimum atomic E-state index is -0.273. The highest BCUT2D eigenvalue weighted by molar-refractivity contribution is 5.75. The van der Waals surface area contributed by atoms with Crippen molar-refractivity contribution >= 4 is 0 Å². The summed E-state index contributed by atoms with van der Waals surface area (Å²) in [5.74, 6) is 0.727. The minimum Gasteiger partial charge on any atom is -0.388 e. The van der Waals surface area contributed by atoms with E-state index in [1.807, 2.05) is 24.3 Å². The van der Waals surface area contributed by atoms with Crippen LogP contribution < -0.4 is 4.89 Å². The molecule has 0 heterocycles. The number of benzene rings is 3. The average Bonchev–Trinajstić information content (AvgIpc) is 2.83. The molecule has 3 nitrogen and oxygen atoms in total. The molecule has 3 rings (SSSR count). The number of rotatable bonds is 11. The van der Waals surface area contributed by atoms with Crippen molar-refractivity contribution in [2.24, 2.45) is 0 Å². The summed E-state index contributed by atoms with van der Waals surface area (Å²) < 4.78 is 0. The molecule has 3 aromatic rings. The van der Waals surface area contributed by atoms with E-state index in [0.717, 1.165) is 18.4 Å². The van der Waals surface area contributed by atoms with Crippen LogP contribution in [-0.4, -0.2) is 11.7 Å². The summed E-state index contributed by atoms with van der Waals surface area (Å²) in [5.41, 5.74) is 8.98. The van der Waals surface area contributed by atoms with Crippen LogP contribution in [0.3, 0.4) is 0 Å². The first kappa shape index (κ1) is 23.6. The molecule has 0 aliphatic carbocycles. The van der Waals surface area contributed by atoms with Gasteiger partial charge >= 0.3 is 0 Å². The summed E-state index contributed by atoms with van der Waals surface area (Å²) in [6.45, 7) is 9.90. The number of aliphatic hydroxyl groups is 1. The fraction of sp³-hybridized carbons (Fsp3) is 0.310. The highest BCUT2D eigenvalue weighted by Gasteiger charge is 2.09. The van der Waals surface area contributed by atoms with E-state index in [1.165, 1.54) is 52.6 Å². The molecule has 0 radical (unpaired) electrons. The quantitative estimate of drug-likeness (QED) is 0.149. The Labute approximate surface area is 192 Å². The van der Waals surface area contributed by atoms with Crippen molar-refractivity contribution < 1.29 is 14.9 Å². The highest BCUT2D eigenvalue weighted by atomic mass is 17.2. The highest BCUT2D eigenvalue weighted by Crippen LogP contribution is 2.32. The molecule has 0 aliphatic heterocycles. The van der Waals surface area contributed by atoms with Crippen molar-refractivity contribution in [3.8, 4) is 28.0 Å². The van der Waals surface area contributed by atoms with Gasteiger partial charge in [0.05, 0.1) is 0 Å². The first-order valence-corrected chi connectivity index (χ1v) is 11.5. The second-order valence-corrected chi connectivity index (χ2v) is 8.22. The molecule has 0 aliphatic rings. The summed E-state index contributed by atoms with van der Waals surface area (Å²) >= 11 is 0. The van der Waals surface area contributed by atoms with E-state index in [0.29, 0.717) is 5.75 Å². The van der Waals surface area contributed by atoms with E-state index >= 15 is 0 Å². The van der Waals surface area contributed by atoms with Crippen LogP contribution in [-0.2, 0) is 17.7 Å². The third kappa shape index (κ3) is 6.02. The molecule has 3 heteroatoms. The van der Waals surface area contributed by atoms with Crippen LogP contribution in [0.15, 0.2) is 73.0 Å². The fourth-order valence-corrected chi connectivity index (χ4v) is 3.93. The number of aliphatic hydroxyl groups excluding tert-OH is 1. The second-order valence-electron chi connectivity index (χ2n) is 8.22. The summed E-state index contributed by atoms with van der Waals surface area (Å²) in [4.78, 5) is 10.1. The monoisotopic (exact) mass is 430 g/mol. The van der Waals surface area contributed by atoms with Gasteiger partial charge < -0.3 is 5.11 Å². The molecule has 0 fully saturated rings. The number of unbranched alkanes of at least 4 members (excludes halogenated alkanes) is 2. The number of aryl methyl sites for hydroxylation is 3. The first-order chi connectivity index (χ1) is 15.5. The molecular formula is C29H34O3. The lowest BCUT2D eigenvalue weighted by atomic mass is 9.91. The van der Waals surface area contributed by atoms with Gasteiger partial charge in [-0.1, -0.05) is 81.8 Å². The van der Waals surface area contributed by atoms with Crippen molar-refractivity contribution in [1.29, 1.82) is 0 Å². The van der Waals surface area contributed by atoms with Gasteiger partial charge in [-0.25, -0.2) is 0 Å². The van der Waals surface area contributed by atoms with Crippen LogP contribution >= 0.6 is 0 Å². The Bertz CT molecular complexity index is 1030. The number of hydrogen-bond donors (Lipinski definition) is 1. The summed E-state index contributed by atoms with van der Waals surface area (Å²) in [6.07, 6.45) is 6.01. The topological polar surface area (TPSA) is 38.7 Å². The molecule has 0 spiro atoms. The molecule has 0 atom stereocenters. The maximum Gasteiger partial charge on any atom is 0.178 e. The summed E-state index contributed by atoms with van der Waals surface area (Å²) in [5, 5.41) is 8.93. The smallest absolute Gasteiger partial charge is 0.178 e. The lowest BCUT2D eigenvalue weighted by molar-refractivity contribution is -0.172. The molecule has 32 heavy (non-hydrogen) atoms. The molecule has 3 aromatic carbocycles. The molecule has 168 valence electrons. The largest absolute Gasteiger partial charge is 0.388 e. The van der Waals surface area contributed by atoms with E-state index in [-0.39, 0.29) is 12.4 Å². The van der Waals surface area contributed by atoms with Gasteiger partial charge in [-0.15, -0.1) is 0 Å². The van der Waals surface area contributed by atoms with E-state index in [2.05, 4.69) is 63.7 Å². The molecular weight excluding hydrogens is 396 g/mol. The fourth-order valence-electron chi connectivity index (χ4n) is 3.93. The summed E-state index contributed by atoms with van der Waals surface area (Å²) in [6, 6.07) is 21.4. The van der Waals surface area contributed by atoms with Crippen LogP contribution in [0.25, 0.3) is 22.3 Å². The third-order valence-electron chi connectivity index (χ3n) is 5.75. The van der Waals surface area contributed by atoms with Gasteiger partial charge in [0.15, 0.2) is 11.5 Å². The van der Waals surface area contributed by atoms with Gasteiger partial charge in [-0.05, 0) is 77.3 Å². The Morgan fingerprint density at radius 1 is 0.875 bits per heavy atom. The van der Waals surface area contributed by atoms with Crippen LogP contribution in [0.1, 0.15) is 49.8 Å². The van der Waals surface area contributed by atoms with Gasteiger partial charge in [0.1, 0.15) is 6.61 Å². The van der Waals surface area contributed by atoms with E-state index in [1.54, 1.807) is 0 Å². The molecule has 0 bridgehead atoms. The van der Waals surface area contributed by atoms with Crippen LogP contribution in [0.2, 0.25) is 0 Å². The van der Waals surface area contributed by atoms with Crippen molar-refractivity contribution in [2.45, 2.75) is 52.9 Å². The lowest BCUT2D eigenvalue weighted by Gasteiger charge is -2.14. The summed E-state index contributed by atoms with van der Waals surface area (Å²) in [7, 11) is 0. The Balaban J connectivity index is 1.78. The zero-order valence-corrected chi connectivity index (χ0v) is 19.5. The van der Waals surface area contributed by atoms with Gasteiger partial charge in [0.2, 0.25) is 0 Å². The molecule has 1 N–H and O–H groups in total. The zero-order valence-electron chi connectivity index (χ0n) is 19.5. The van der Waals surface area contributed by atoms with Gasteiger partial charge in [0, 0.05) is 0 Å². The van der Waals surface area contributed by atoms with Crippen molar-refractivity contribution in [2.75, 3.05) is 6.61 Å². The predicted molar refractivity (Wildman–Crippen MR) is 133 cm³/mol. The lowest BCUT2D eigenvalue weighted by Crippen LogP contribution is -1.99. The van der Waals surface area contributed by atoms with E-state index in [4.69, 9.17) is 14.9 Å². The first-order valence-electron chi connectivity index (χ1n) is 11.5. The molecule has 0 amide bonds.